The first kappa shape index (κ1) is 22.0. The van der Waals surface area contributed by atoms with Crippen LogP contribution in [-0.2, 0) is 20.8 Å². The van der Waals surface area contributed by atoms with Crippen LogP contribution in [0.4, 0.5) is 4.79 Å². The van der Waals surface area contributed by atoms with Crippen molar-refractivity contribution >= 4 is 12.1 Å². The Morgan fingerprint density at radius 1 is 1.11 bits per heavy atom. The van der Waals surface area contributed by atoms with Crippen LogP contribution < -0.4 is 10.1 Å². The number of ether oxygens (including phenoxy) is 3. The maximum Gasteiger partial charge on any atom is 0.410 e. The van der Waals surface area contributed by atoms with Gasteiger partial charge in [0.25, 0.3) is 0 Å². The molecule has 0 aliphatic carbocycles. The summed E-state index contributed by atoms with van der Waals surface area (Å²) < 4.78 is 15.7. The molecule has 0 unspecified atom stereocenters. The molecule has 1 N–H and O–H groups in total. The van der Waals surface area contributed by atoms with E-state index in [0.29, 0.717) is 39.0 Å². The molecule has 1 aromatic rings. The highest BCUT2D eigenvalue weighted by atomic mass is 16.6. The van der Waals surface area contributed by atoms with Gasteiger partial charge in [0, 0.05) is 26.2 Å². The van der Waals surface area contributed by atoms with E-state index in [1.807, 2.05) is 45.0 Å². The summed E-state index contributed by atoms with van der Waals surface area (Å²) in [6.45, 7) is 7.60. The molecule has 1 aromatic carbocycles. The van der Waals surface area contributed by atoms with E-state index in [4.69, 9.17) is 14.2 Å². The molecule has 28 heavy (non-hydrogen) atoms. The lowest BCUT2D eigenvalue weighted by molar-refractivity contribution is -0.155. The summed E-state index contributed by atoms with van der Waals surface area (Å²) in [5.74, 6) is 0.572. The normalized spacial score (nSPS) is 16.4. The van der Waals surface area contributed by atoms with Crippen molar-refractivity contribution in [1.82, 2.24) is 10.2 Å². The number of piperidine rings is 1. The minimum Gasteiger partial charge on any atom is -0.497 e. The second kappa shape index (κ2) is 9.28. The van der Waals surface area contributed by atoms with Crippen LogP contribution in [0.2, 0.25) is 0 Å². The summed E-state index contributed by atoms with van der Waals surface area (Å²) >= 11 is 0. The van der Waals surface area contributed by atoms with E-state index < -0.39 is 11.0 Å². The highest BCUT2D eigenvalue weighted by molar-refractivity contribution is 5.78. The van der Waals surface area contributed by atoms with Crippen molar-refractivity contribution in [2.75, 3.05) is 33.9 Å². The van der Waals surface area contributed by atoms with E-state index in [9.17, 15) is 9.59 Å². The molecule has 0 atom stereocenters. The number of esters is 1. The van der Waals surface area contributed by atoms with Crippen LogP contribution in [-0.4, -0.2) is 56.4 Å². The topological polar surface area (TPSA) is 77.1 Å². The van der Waals surface area contributed by atoms with Gasteiger partial charge in [0.1, 0.15) is 11.4 Å². The van der Waals surface area contributed by atoms with Crippen LogP contribution in [0.25, 0.3) is 0 Å². The lowest BCUT2D eigenvalue weighted by Gasteiger charge is -2.40. The summed E-state index contributed by atoms with van der Waals surface area (Å²) in [4.78, 5) is 26.4. The Morgan fingerprint density at radius 2 is 1.71 bits per heavy atom. The highest BCUT2D eigenvalue weighted by Gasteiger charge is 2.43. The smallest absolute Gasteiger partial charge is 0.410 e. The Labute approximate surface area is 167 Å². The van der Waals surface area contributed by atoms with Crippen molar-refractivity contribution in [3.05, 3.63) is 29.8 Å². The number of hydrogen-bond donors (Lipinski definition) is 1. The zero-order valence-corrected chi connectivity index (χ0v) is 17.5. The fraction of sp³-hybridized carbons (Fsp3) is 0.619. The molecule has 0 saturated carbocycles. The van der Waals surface area contributed by atoms with Crippen LogP contribution in [0.1, 0.15) is 39.2 Å². The van der Waals surface area contributed by atoms with Gasteiger partial charge in [-0.05, 0) is 51.3 Å². The van der Waals surface area contributed by atoms with Crippen molar-refractivity contribution in [2.45, 2.75) is 45.8 Å². The second-order valence-electron chi connectivity index (χ2n) is 8.19. The van der Waals surface area contributed by atoms with Gasteiger partial charge < -0.3 is 24.4 Å². The van der Waals surface area contributed by atoms with Crippen LogP contribution in [0, 0.1) is 5.41 Å². The van der Waals surface area contributed by atoms with Crippen molar-refractivity contribution in [3.8, 4) is 5.75 Å². The Kier molecular flexibility index (Phi) is 7.29. The number of nitrogens with zero attached hydrogens (tertiary/aromatic N) is 1. The SMILES string of the molecule is COC(=O)C1(CNCc2ccc(OC)cc2)CCN(C(=O)OC(C)(C)C)CC1. The van der Waals surface area contributed by atoms with Gasteiger partial charge in [-0.1, -0.05) is 12.1 Å². The number of amides is 1. The van der Waals surface area contributed by atoms with Crippen molar-refractivity contribution in [2.24, 2.45) is 5.41 Å². The Morgan fingerprint density at radius 3 is 2.21 bits per heavy atom. The van der Waals surface area contributed by atoms with Gasteiger partial charge in [0.05, 0.1) is 19.6 Å². The van der Waals surface area contributed by atoms with Crippen LogP contribution in [0.3, 0.4) is 0 Å². The number of nitrogens with one attached hydrogen (secondary N) is 1. The van der Waals surface area contributed by atoms with Gasteiger partial charge in [0.2, 0.25) is 0 Å². The van der Waals surface area contributed by atoms with E-state index in [2.05, 4.69) is 5.32 Å². The Balaban J connectivity index is 1.94. The zero-order chi connectivity index (χ0) is 20.8. The van der Waals surface area contributed by atoms with Gasteiger partial charge in [-0.15, -0.1) is 0 Å². The molecule has 1 saturated heterocycles. The molecule has 0 aromatic heterocycles. The van der Waals surface area contributed by atoms with E-state index in [1.54, 1.807) is 12.0 Å². The Hall–Kier alpha value is -2.28. The molecule has 7 nitrogen and oxygen atoms in total. The second-order valence-corrected chi connectivity index (χ2v) is 8.19. The van der Waals surface area contributed by atoms with Crippen molar-refractivity contribution in [3.63, 3.8) is 0 Å². The minimum absolute atomic E-state index is 0.237. The molecule has 0 spiro atoms. The summed E-state index contributed by atoms with van der Waals surface area (Å²) in [5.41, 5.74) is -0.0693. The predicted molar refractivity (Wildman–Crippen MR) is 106 cm³/mol. The number of hydrogen-bond acceptors (Lipinski definition) is 6. The van der Waals surface area contributed by atoms with Crippen LogP contribution >= 0.6 is 0 Å². The van der Waals surface area contributed by atoms with E-state index in [0.717, 1.165) is 11.3 Å². The van der Waals surface area contributed by atoms with E-state index in [-0.39, 0.29) is 12.1 Å². The first-order valence-corrected chi connectivity index (χ1v) is 9.59. The molecule has 1 fully saturated rings. The number of benzene rings is 1. The molecule has 0 bridgehead atoms. The van der Waals surface area contributed by atoms with Gasteiger partial charge >= 0.3 is 12.1 Å². The van der Waals surface area contributed by atoms with Gasteiger partial charge in [-0.25, -0.2) is 4.79 Å². The number of likely N-dealkylation sites (tertiary alicyclic amines) is 1. The van der Waals surface area contributed by atoms with Crippen LogP contribution in [0.15, 0.2) is 24.3 Å². The number of carbonyl (C=O) groups excluding carboxylic acids is 2. The molecular formula is C21H32N2O5. The first-order valence-electron chi connectivity index (χ1n) is 9.59. The van der Waals surface area contributed by atoms with Crippen molar-refractivity contribution < 1.29 is 23.8 Å². The quantitative estimate of drug-likeness (QED) is 0.750. The summed E-state index contributed by atoms with van der Waals surface area (Å²) in [5, 5.41) is 3.37. The standard InChI is InChI=1S/C21H32N2O5/c1-20(2,3)28-19(25)23-12-10-21(11-13-23,18(24)27-5)15-22-14-16-6-8-17(26-4)9-7-16/h6-9,22H,10-15H2,1-5H3. The third-order valence-corrected chi connectivity index (χ3v) is 4.94. The van der Waals surface area contributed by atoms with E-state index in [1.165, 1.54) is 7.11 Å². The number of rotatable bonds is 6. The van der Waals surface area contributed by atoms with Gasteiger partial charge in [0.15, 0.2) is 0 Å². The van der Waals surface area contributed by atoms with Crippen molar-refractivity contribution in [1.29, 1.82) is 0 Å². The maximum absolute atomic E-state index is 12.5. The lowest BCUT2D eigenvalue weighted by atomic mass is 9.78. The fourth-order valence-corrected chi connectivity index (χ4v) is 3.30. The lowest BCUT2D eigenvalue weighted by Crippen LogP contribution is -2.51. The van der Waals surface area contributed by atoms with E-state index >= 15 is 0 Å². The third kappa shape index (κ3) is 5.86. The van der Waals surface area contributed by atoms with Crippen LogP contribution in [0.5, 0.6) is 5.75 Å². The average Bonchev–Trinajstić information content (AvgIpc) is 2.67. The maximum atomic E-state index is 12.5. The average molecular weight is 392 g/mol. The summed E-state index contributed by atoms with van der Waals surface area (Å²) in [6.07, 6.45) is 0.737. The van der Waals surface area contributed by atoms with Gasteiger partial charge in [-0.3, -0.25) is 4.79 Å². The largest absolute Gasteiger partial charge is 0.497 e. The highest BCUT2D eigenvalue weighted by Crippen LogP contribution is 2.33. The number of carbonyl (C=O) groups is 2. The summed E-state index contributed by atoms with van der Waals surface area (Å²) in [6, 6.07) is 7.79. The molecule has 156 valence electrons. The predicted octanol–water partition coefficient (Wildman–Crippen LogP) is 2.98. The molecule has 7 heteroatoms. The number of methoxy groups -OCH3 is 2. The minimum atomic E-state index is -0.639. The Bertz CT molecular complexity index is 658. The molecule has 0 radical (unpaired) electrons. The third-order valence-electron chi connectivity index (χ3n) is 4.94. The first-order chi connectivity index (χ1) is 13.2. The molecule has 2 rings (SSSR count). The van der Waals surface area contributed by atoms with Gasteiger partial charge in [-0.2, -0.15) is 0 Å². The fourth-order valence-electron chi connectivity index (χ4n) is 3.30. The molecule has 1 aliphatic rings. The molecule has 1 aliphatic heterocycles. The zero-order valence-electron chi connectivity index (χ0n) is 17.5. The molecule has 1 heterocycles. The monoisotopic (exact) mass is 392 g/mol. The molecule has 1 amide bonds. The molecular weight excluding hydrogens is 360 g/mol. The summed E-state index contributed by atoms with van der Waals surface area (Å²) in [7, 11) is 3.05.